The zero-order valence-electron chi connectivity index (χ0n) is 10.6. The van der Waals surface area contributed by atoms with E-state index in [1.807, 2.05) is 6.92 Å². The van der Waals surface area contributed by atoms with Crippen LogP contribution in [0.25, 0.3) is 0 Å². The number of carboxylic acid groups (broad SMARTS) is 1. The van der Waals surface area contributed by atoms with E-state index in [1.165, 1.54) is 6.07 Å². The average Bonchev–Trinajstić information content (AvgIpc) is 2.35. The second-order valence-electron chi connectivity index (χ2n) is 4.23. The summed E-state index contributed by atoms with van der Waals surface area (Å²) in [4.78, 5) is 22.9. The van der Waals surface area contributed by atoms with Crippen LogP contribution in [0.2, 0.25) is 0 Å². The third-order valence-corrected chi connectivity index (χ3v) is 3.17. The summed E-state index contributed by atoms with van der Waals surface area (Å²) in [5.41, 5.74) is 6.03. The zero-order valence-corrected chi connectivity index (χ0v) is 12.2. The number of hydrogen-bond donors (Lipinski definition) is 3. The van der Waals surface area contributed by atoms with E-state index < -0.39 is 12.0 Å². The van der Waals surface area contributed by atoms with E-state index in [0.29, 0.717) is 10.9 Å². The number of carboxylic acids is 1. The smallest absolute Gasteiger partial charge is 0.337 e. The summed E-state index contributed by atoms with van der Waals surface area (Å²) >= 11 is 3.24. The van der Waals surface area contributed by atoms with Gasteiger partial charge >= 0.3 is 5.97 Å². The number of amides is 1. The number of unbranched alkanes of at least 4 members (excludes halogenated alkanes) is 1. The first-order valence-corrected chi connectivity index (χ1v) is 6.84. The van der Waals surface area contributed by atoms with Gasteiger partial charge in [-0.1, -0.05) is 35.7 Å². The van der Waals surface area contributed by atoms with Crippen LogP contribution in [-0.2, 0) is 4.79 Å². The molecule has 0 saturated carbocycles. The van der Waals surface area contributed by atoms with Crippen molar-refractivity contribution >= 4 is 33.5 Å². The molecule has 1 aromatic carbocycles. The van der Waals surface area contributed by atoms with Crippen molar-refractivity contribution in [1.29, 1.82) is 0 Å². The summed E-state index contributed by atoms with van der Waals surface area (Å²) in [6, 6.07) is 3.96. The van der Waals surface area contributed by atoms with Gasteiger partial charge in [0.15, 0.2) is 0 Å². The Morgan fingerprint density at radius 2 is 2.16 bits per heavy atom. The predicted octanol–water partition coefficient (Wildman–Crippen LogP) is 2.60. The fourth-order valence-corrected chi connectivity index (χ4v) is 1.95. The number of rotatable bonds is 6. The van der Waals surface area contributed by atoms with Gasteiger partial charge in [0.2, 0.25) is 5.91 Å². The van der Waals surface area contributed by atoms with Crippen LogP contribution in [0.5, 0.6) is 0 Å². The van der Waals surface area contributed by atoms with Crippen molar-refractivity contribution in [2.45, 2.75) is 32.2 Å². The SMILES string of the molecule is CCCCC(N)C(=O)Nc1cc(Br)ccc1C(=O)O. The molecule has 19 heavy (non-hydrogen) atoms. The molecule has 5 nitrogen and oxygen atoms in total. The van der Waals surface area contributed by atoms with E-state index in [1.54, 1.807) is 12.1 Å². The molecule has 1 atom stereocenters. The number of hydrogen-bond acceptors (Lipinski definition) is 3. The van der Waals surface area contributed by atoms with E-state index in [0.717, 1.165) is 12.8 Å². The predicted molar refractivity (Wildman–Crippen MR) is 77.2 cm³/mol. The van der Waals surface area contributed by atoms with Crippen molar-refractivity contribution in [2.75, 3.05) is 5.32 Å². The van der Waals surface area contributed by atoms with Gasteiger partial charge in [-0.15, -0.1) is 0 Å². The number of carbonyl (C=O) groups excluding carboxylic acids is 1. The highest BCUT2D eigenvalue weighted by molar-refractivity contribution is 9.10. The summed E-state index contributed by atoms with van der Waals surface area (Å²) in [5.74, 6) is -1.46. The largest absolute Gasteiger partial charge is 0.478 e. The summed E-state index contributed by atoms with van der Waals surface area (Å²) in [6.45, 7) is 2.02. The molecule has 0 bridgehead atoms. The van der Waals surface area contributed by atoms with E-state index in [2.05, 4.69) is 21.2 Å². The standard InChI is InChI=1S/C13H17BrN2O3/c1-2-3-4-10(15)12(17)16-11-7-8(14)5-6-9(11)13(18)19/h5-7,10H,2-4,15H2,1H3,(H,16,17)(H,18,19). The molecule has 1 aromatic rings. The number of aromatic carboxylic acids is 1. The molecule has 0 radical (unpaired) electrons. The molecule has 104 valence electrons. The minimum atomic E-state index is -1.09. The lowest BCUT2D eigenvalue weighted by atomic mass is 10.1. The van der Waals surface area contributed by atoms with Crippen molar-refractivity contribution in [3.8, 4) is 0 Å². The topological polar surface area (TPSA) is 92.4 Å². The van der Waals surface area contributed by atoms with E-state index in [9.17, 15) is 9.59 Å². The quantitative estimate of drug-likeness (QED) is 0.748. The highest BCUT2D eigenvalue weighted by Gasteiger charge is 2.17. The van der Waals surface area contributed by atoms with Crippen LogP contribution in [0.1, 0.15) is 36.5 Å². The van der Waals surface area contributed by atoms with Gasteiger partial charge in [-0.2, -0.15) is 0 Å². The number of nitrogens with two attached hydrogens (primary N) is 1. The van der Waals surface area contributed by atoms with Gasteiger partial charge in [-0.25, -0.2) is 4.79 Å². The molecule has 1 amide bonds. The zero-order chi connectivity index (χ0) is 14.4. The van der Waals surface area contributed by atoms with Gasteiger partial charge in [0.25, 0.3) is 0 Å². The van der Waals surface area contributed by atoms with Crippen molar-refractivity contribution in [3.63, 3.8) is 0 Å². The molecule has 0 aliphatic heterocycles. The monoisotopic (exact) mass is 328 g/mol. The van der Waals surface area contributed by atoms with Gasteiger partial charge < -0.3 is 16.2 Å². The van der Waals surface area contributed by atoms with Gasteiger partial charge in [-0.05, 0) is 24.6 Å². The second-order valence-corrected chi connectivity index (χ2v) is 5.15. The maximum absolute atomic E-state index is 11.9. The first-order valence-electron chi connectivity index (χ1n) is 6.05. The molecule has 0 aliphatic carbocycles. The lowest BCUT2D eigenvalue weighted by Gasteiger charge is -2.13. The summed E-state index contributed by atoms with van der Waals surface area (Å²) in [6.07, 6.45) is 2.40. The molecule has 0 fully saturated rings. The molecule has 0 heterocycles. The molecule has 1 unspecified atom stereocenters. The number of halogens is 1. The third kappa shape index (κ3) is 4.65. The average molecular weight is 329 g/mol. The lowest BCUT2D eigenvalue weighted by Crippen LogP contribution is -2.35. The normalized spacial score (nSPS) is 11.9. The Morgan fingerprint density at radius 3 is 2.74 bits per heavy atom. The van der Waals surface area contributed by atoms with Crippen LogP contribution >= 0.6 is 15.9 Å². The number of carbonyl (C=O) groups is 2. The van der Waals surface area contributed by atoms with E-state index in [-0.39, 0.29) is 17.2 Å². The maximum Gasteiger partial charge on any atom is 0.337 e. The summed E-state index contributed by atoms with van der Waals surface area (Å²) in [5, 5.41) is 11.6. The van der Waals surface area contributed by atoms with Crippen molar-refractivity contribution in [3.05, 3.63) is 28.2 Å². The Bertz CT molecular complexity index is 477. The van der Waals surface area contributed by atoms with Gasteiger partial charge in [0.05, 0.1) is 17.3 Å². The van der Waals surface area contributed by atoms with Gasteiger partial charge in [0, 0.05) is 4.47 Å². The number of nitrogens with one attached hydrogen (secondary N) is 1. The van der Waals surface area contributed by atoms with Crippen molar-refractivity contribution in [2.24, 2.45) is 5.73 Å². The maximum atomic E-state index is 11.9. The molecular weight excluding hydrogens is 312 g/mol. The van der Waals surface area contributed by atoms with Crippen molar-refractivity contribution in [1.82, 2.24) is 0 Å². The van der Waals surface area contributed by atoms with E-state index >= 15 is 0 Å². The van der Waals surface area contributed by atoms with Gasteiger partial charge in [0.1, 0.15) is 0 Å². The minimum Gasteiger partial charge on any atom is -0.478 e. The van der Waals surface area contributed by atoms with Crippen LogP contribution in [0.3, 0.4) is 0 Å². The Hall–Kier alpha value is -1.40. The highest BCUT2D eigenvalue weighted by atomic mass is 79.9. The number of anilines is 1. The molecule has 4 N–H and O–H groups in total. The van der Waals surface area contributed by atoms with Gasteiger partial charge in [-0.3, -0.25) is 4.79 Å². The highest BCUT2D eigenvalue weighted by Crippen LogP contribution is 2.22. The minimum absolute atomic E-state index is 0.0410. The molecule has 0 aliphatic rings. The molecule has 0 spiro atoms. The Morgan fingerprint density at radius 1 is 1.47 bits per heavy atom. The van der Waals surface area contributed by atoms with Crippen LogP contribution < -0.4 is 11.1 Å². The van der Waals surface area contributed by atoms with Crippen LogP contribution in [0.15, 0.2) is 22.7 Å². The molecule has 0 saturated heterocycles. The van der Waals surface area contributed by atoms with Crippen LogP contribution in [0, 0.1) is 0 Å². The Balaban J connectivity index is 2.83. The van der Waals surface area contributed by atoms with Crippen LogP contribution in [0.4, 0.5) is 5.69 Å². The van der Waals surface area contributed by atoms with Crippen molar-refractivity contribution < 1.29 is 14.7 Å². The molecule has 6 heteroatoms. The lowest BCUT2D eigenvalue weighted by molar-refractivity contribution is -0.117. The summed E-state index contributed by atoms with van der Waals surface area (Å²) < 4.78 is 0.690. The Labute approximate surface area is 120 Å². The van der Waals surface area contributed by atoms with Crippen LogP contribution in [-0.4, -0.2) is 23.0 Å². The second kappa shape index (κ2) is 7.25. The van der Waals surface area contributed by atoms with E-state index in [4.69, 9.17) is 10.8 Å². The Kier molecular flexibility index (Phi) is 5.98. The molecule has 0 aromatic heterocycles. The fraction of sp³-hybridized carbons (Fsp3) is 0.385. The first kappa shape index (κ1) is 15.7. The number of benzene rings is 1. The fourth-order valence-electron chi connectivity index (χ4n) is 1.59. The summed E-state index contributed by atoms with van der Waals surface area (Å²) in [7, 11) is 0. The molecular formula is C13H17BrN2O3. The third-order valence-electron chi connectivity index (χ3n) is 2.68. The molecule has 1 rings (SSSR count). The first-order chi connectivity index (χ1) is 8.95.